The van der Waals surface area contributed by atoms with E-state index in [1.807, 2.05) is 0 Å². The summed E-state index contributed by atoms with van der Waals surface area (Å²) in [6.07, 6.45) is 1.39. The number of hydrogen-bond donors (Lipinski definition) is 2. The maximum absolute atomic E-state index is 13.7. The van der Waals surface area contributed by atoms with Gasteiger partial charge >= 0.3 is 5.97 Å². The van der Waals surface area contributed by atoms with Gasteiger partial charge in [-0.1, -0.05) is 12.1 Å². The third-order valence-electron chi connectivity index (χ3n) is 3.57. The van der Waals surface area contributed by atoms with Gasteiger partial charge in [0.2, 0.25) is 5.95 Å². The molecule has 0 atom stereocenters. The summed E-state index contributed by atoms with van der Waals surface area (Å²) in [5.74, 6) is -1.30. The maximum atomic E-state index is 13.7. The molecule has 27 heavy (non-hydrogen) atoms. The molecule has 2 aromatic carbocycles. The molecule has 0 saturated carbocycles. The van der Waals surface area contributed by atoms with Crippen molar-refractivity contribution in [2.75, 3.05) is 17.7 Å². The summed E-state index contributed by atoms with van der Waals surface area (Å²) in [6, 6.07) is 13.7. The number of esters is 1. The Morgan fingerprint density at radius 3 is 2.48 bits per heavy atom. The number of benzene rings is 2. The normalized spacial score (nSPS) is 10.1. The van der Waals surface area contributed by atoms with E-state index in [0.29, 0.717) is 11.3 Å². The summed E-state index contributed by atoms with van der Waals surface area (Å²) < 4.78 is 18.3. The number of nitrogens with one attached hydrogen (secondary N) is 2. The van der Waals surface area contributed by atoms with Crippen molar-refractivity contribution in [1.29, 1.82) is 0 Å². The lowest BCUT2D eigenvalue weighted by molar-refractivity contribution is 0.0600. The van der Waals surface area contributed by atoms with Crippen LogP contribution in [-0.2, 0) is 4.74 Å². The van der Waals surface area contributed by atoms with Crippen LogP contribution in [0.25, 0.3) is 0 Å². The molecule has 8 heteroatoms. The minimum atomic E-state index is -0.472. The van der Waals surface area contributed by atoms with Crippen LogP contribution in [0, 0.1) is 5.82 Å². The van der Waals surface area contributed by atoms with Crippen molar-refractivity contribution >= 4 is 29.2 Å². The highest BCUT2D eigenvalue weighted by molar-refractivity contribution is 6.03. The second-order valence-electron chi connectivity index (χ2n) is 5.39. The summed E-state index contributed by atoms with van der Waals surface area (Å²) in [4.78, 5) is 31.9. The van der Waals surface area contributed by atoms with Crippen LogP contribution in [0.2, 0.25) is 0 Å². The van der Waals surface area contributed by atoms with E-state index < -0.39 is 17.7 Å². The molecule has 7 nitrogen and oxygen atoms in total. The second kappa shape index (κ2) is 8.05. The van der Waals surface area contributed by atoms with Gasteiger partial charge in [0.15, 0.2) is 0 Å². The third kappa shape index (κ3) is 4.43. The molecule has 2 N–H and O–H groups in total. The first-order chi connectivity index (χ1) is 13.1. The molecule has 0 aliphatic carbocycles. The topological polar surface area (TPSA) is 93.2 Å². The van der Waals surface area contributed by atoms with Gasteiger partial charge in [-0.25, -0.2) is 19.2 Å². The number of anilines is 3. The quantitative estimate of drug-likeness (QED) is 0.672. The number of nitrogens with zero attached hydrogens (tertiary/aromatic N) is 2. The molecule has 3 aromatic rings. The number of carbonyl (C=O) groups excluding carboxylic acids is 2. The van der Waals surface area contributed by atoms with Crippen molar-refractivity contribution in [2.45, 2.75) is 0 Å². The van der Waals surface area contributed by atoms with E-state index in [-0.39, 0.29) is 17.3 Å². The van der Waals surface area contributed by atoms with E-state index in [9.17, 15) is 14.0 Å². The number of rotatable bonds is 5. The molecule has 1 aromatic heterocycles. The Labute approximate surface area is 154 Å². The largest absolute Gasteiger partial charge is 0.465 e. The van der Waals surface area contributed by atoms with E-state index in [1.54, 1.807) is 24.3 Å². The molecule has 1 amide bonds. The first-order valence-corrected chi connectivity index (χ1v) is 7.91. The fourth-order valence-electron chi connectivity index (χ4n) is 2.23. The molecule has 0 unspecified atom stereocenters. The van der Waals surface area contributed by atoms with E-state index >= 15 is 0 Å². The highest BCUT2D eigenvalue weighted by atomic mass is 19.1. The monoisotopic (exact) mass is 366 g/mol. The van der Waals surface area contributed by atoms with Crippen molar-refractivity contribution in [3.05, 3.63) is 77.9 Å². The highest BCUT2D eigenvalue weighted by Gasteiger charge is 2.11. The van der Waals surface area contributed by atoms with Crippen LogP contribution in [0.15, 0.2) is 60.8 Å². The van der Waals surface area contributed by atoms with Gasteiger partial charge in [0, 0.05) is 11.9 Å². The molecule has 0 spiro atoms. The van der Waals surface area contributed by atoms with Gasteiger partial charge in [-0.2, -0.15) is 0 Å². The summed E-state index contributed by atoms with van der Waals surface area (Å²) in [7, 11) is 1.29. The Kier molecular flexibility index (Phi) is 5.36. The van der Waals surface area contributed by atoms with E-state index in [4.69, 9.17) is 0 Å². The average Bonchev–Trinajstić information content (AvgIpc) is 2.70. The first kappa shape index (κ1) is 18.0. The Hall–Kier alpha value is -3.81. The third-order valence-corrected chi connectivity index (χ3v) is 3.57. The standard InChI is InChI=1S/C19H15FN4O3/c1-27-18(26)12-6-8-13(9-7-12)22-17(25)16-10-11-21-19(24-16)23-15-5-3-2-4-14(15)20/h2-11H,1H3,(H,22,25)(H,21,23,24). The van der Waals surface area contributed by atoms with Crippen molar-refractivity contribution in [1.82, 2.24) is 9.97 Å². The van der Waals surface area contributed by atoms with Crippen LogP contribution in [0.5, 0.6) is 0 Å². The zero-order valence-corrected chi connectivity index (χ0v) is 14.3. The van der Waals surface area contributed by atoms with Crippen LogP contribution in [0.1, 0.15) is 20.8 Å². The molecule has 0 radical (unpaired) electrons. The molecule has 1 heterocycles. The summed E-state index contributed by atoms with van der Waals surface area (Å²) in [6.45, 7) is 0. The zero-order chi connectivity index (χ0) is 19.2. The Morgan fingerprint density at radius 1 is 1.04 bits per heavy atom. The number of amides is 1. The van der Waals surface area contributed by atoms with Crippen molar-refractivity contribution in [3.63, 3.8) is 0 Å². The Balaban J connectivity index is 1.72. The minimum Gasteiger partial charge on any atom is -0.465 e. The van der Waals surface area contributed by atoms with Crippen LogP contribution in [-0.4, -0.2) is 29.0 Å². The van der Waals surface area contributed by atoms with Gasteiger partial charge in [0.1, 0.15) is 11.5 Å². The minimum absolute atomic E-state index is 0.0915. The van der Waals surface area contributed by atoms with Crippen LogP contribution in [0.3, 0.4) is 0 Å². The average molecular weight is 366 g/mol. The van der Waals surface area contributed by atoms with Crippen molar-refractivity contribution in [3.8, 4) is 0 Å². The lowest BCUT2D eigenvalue weighted by Gasteiger charge is -2.08. The van der Waals surface area contributed by atoms with Gasteiger partial charge in [0.25, 0.3) is 5.91 Å². The lowest BCUT2D eigenvalue weighted by Crippen LogP contribution is -2.15. The number of ether oxygens (including phenoxy) is 1. The fraction of sp³-hybridized carbons (Fsp3) is 0.0526. The number of para-hydroxylation sites is 1. The van der Waals surface area contributed by atoms with Gasteiger partial charge in [-0.15, -0.1) is 0 Å². The predicted octanol–water partition coefficient (Wildman–Crippen LogP) is 3.40. The number of methoxy groups -OCH3 is 1. The fourth-order valence-corrected chi connectivity index (χ4v) is 2.23. The summed E-state index contributed by atoms with van der Waals surface area (Å²) >= 11 is 0. The van der Waals surface area contributed by atoms with Crippen LogP contribution < -0.4 is 10.6 Å². The molecule has 0 aliphatic rings. The second-order valence-corrected chi connectivity index (χ2v) is 5.39. The maximum Gasteiger partial charge on any atom is 0.337 e. The zero-order valence-electron chi connectivity index (χ0n) is 14.3. The SMILES string of the molecule is COC(=O)c1ccc(NC(=O)c2ccnc(Nc3ccccc3F)n2)cc1. The molecule has 0 saturated heterocycles. The highest BCUT2D eigenvalue weighted by Crippen LogP contribution is 2.17. The van der Waals surface area contributed by atoms with Gasteiger partial charge < -0.3 is 15.4 Å². The molecular formula is C19H15FN4O3. The smallest absolute Gasteiger partial charge is 0.337 e. The lowest BCUT2D eigenvalue weighted by atomic mass is 10.2. The summed E-state index contributed by atoms with van der Waals surface area (Å²) in [5, 5.41) is 5.39. The van der Waals surface area contributed by atoms with Gasteiger partial charge in [-0.3, -0.25) is 4.79 Å². The van der Waals surface area contributed by atoms with E-state index in [1.165, 1.54) is 43.6 Å². The molecule has 136 valence electrons. The molecular weight excluding hydrogens is 351 g/mol. The van der Waals surface area contributed by atoms with Gasteiger partial charge in [0.05, 0.1) is 18.4 Å². The molecule has 0 bridgehead atoms. The number of carbonyl (C=O) groups is 2. The Bertz CT molecular complexity index is 977. The van der Waals surface area contributed by atoms with Crippen molar-refractivity contribution in [2.24, 2.45) is 0 Å². The Morgan fingerprint density at radius 2 is 1.78 bits per heavy atom. The summed E-state index contributed by atoms with van der Waals surface area (Å²) in [5.41, 5.74) is 1.15. The predicted molar refractivity (Wildman–Crippen MR) is 97.4 cm³/mol. The number of aromatic nitrogens is 2. The van der Waals surface area contributed by atoms with Crippen LogP contribution >= 0.6 is 0 Å². The van der Waals surface area contributed by atoms with Crippen LogP contribution in [0.4, 0.5) is 21.7 Å². The van der Waals surface area contributed by atoms with E-state index in [0.717, 1.165) is 0 Å². The van der Waals surface area contributed by atoms with Gasteiger partial charge in [-0.05, 0) is 42.5 Å². The number of hydrogen-bond acceptors (Lipinski definition) is 6. The van der Waals surface area contributed by atoms with Crippen molar-refractivity contribution < 1.29 is 18.7 Å². The molecule has 3 rings (SSSR count). The molecule has 0 fully saturated rings. The number of halogens is 1. The molecule has 0 aliphatic heterocycles. The first-order valence-electron chi connectivity index (χ1n) is 7.91. The van der Waals surface area contributed by atoms with E-state index in [2.05, 4.69) is 25.3 Å².